The number of Topliss-reactive ketones (excluding diaryl/α,β-unsaturated/α-hetero) is 1. The fourth-order valence-corrected chi connectivity index (χ4v) is 4.22. The number of nitrogens with zero attached hydrogens (tertiary/aromatic N) is 2. The summed E-state index contributed by atoms with van der Waals surface area (Å²) in [5.41, 5.74) is 1.89. The van der Waals surface area contributed by atoms with Crippen molar-refractivity contribution in [2.75, 3.05) is 7.11 Å². The molecule has 1 unspecified atom stereocenters. The first kappa shape index (κ1) is 16.8. The van der Waals surface area contributed by atoms with Crippen molar-refractivity contribution in [2.45, 2.75) is 45.6 Å². The number of methoxy groups -OCH3 is 1. The van der Waals surface area contributed by atoms with Gasteiger partial charge < -0.3 is 4.74 Å². The van der Waals surface area contributed by atoms with Gasteiger partial charge in [-0.05, 0) is 29.5 Å². The van der Waals surface area contributed by atoms with Gasteiger partial charge in [0.15, 0.2) is 5.78 Å². The number of hydrazine groups is 1. The minimum Gasteiger partial charge on any atom is -0.497 e. The van der Waals surface area contributed by atoms with E-state index in [0.717, 1.165) is 5.56 Å². The monoisotopic (exact) mass is 354 g/mol. The van der Waals surface area contributed by atoms with Gasteiger partial charge in [-0.25, -0.2) is 10.0 Å². The Balaban J connectivity index is 1.87. The second-order valence-corrected chi connectivity index (χ2v) is 7.92. The molecule has 1 aliphatic carbocycles. The topological polar surface area (TPSA) is 66.9 Å². The second-order valence-electron chi connectivity index (χ2n) is 7.92. The molecule has 2 aliphatic heterocycles. The number of benzene rings is 1. The molecule has 1 atom stereocenters. The summed E-state index contributed by atoms with van der Waals surface area (Å²) >= 11 is 0. The maximum absolute atomic E-state index is 13.0. The van der Waals surface area contributed by atoms with E-state index in [4.69, 9.17) is 4.74 Å². The van der Waals surface area contributed by atoms with Gasteiger partial charge in [0.1, 0.15) is 11.8 Å². The largest absolute Gasteiger partial charge is 0.497 e. The molecule has 4 rings (SSSR count). The van der Waals surface area contributed by atoms with Crippen molar-refractivity contribution >= 4 is 17.6 Å². The van der Waals surface area contributed by atoms with Gasteiger partial charge in [0.25, 0.3) is 0 Å². The Morgan fingerprint density at radius 2 is 1.65 bits per heavy atom. The minimum atomic E-state index is -0.531. The molecule has 1 fully saturated rings. The molecule has 0 radical (unpaired) electrons. The van der Waals surface area contributed by atoms with Crippen molar-refractivity contribution in [2.24, 2.45) is 5.41 Å². The number of rotatable bonds is 2. The summed E-state index contributed by atoms with van der Waals surface area (Å²) in [7, 11) is 1.59. The zero-order valence-electron chi connectivity index (χ0n) is 15.2. The maximum Gasteiger partial charge on any atom is 0.246 e. The van der Waals surface area contributed by atoms with Crippen LogP contribution < -0.4 is 4.74 Å². The Labute approximate surface area is 152 Å². The van der Waals surface area contributed by atoms with Gasteiger partial charge in [0.05, 0.1) is 12.8 Å². The predicted octanol–water partition coefficient (Wildman–Crippen LogP) is 2.76. The zero-order valence-corrected chi connectivity index (χ0v) is 15.2. The van der Waals surface area contributed by atoms with E-state index in [1.165, 1.54) is 10.0 Å². The van der Waals surface area contributed by atoms with Crippen molar-refractivity contribution in [1.82, 2.24) is 10.0 Å². The molecule has 2 heterocycles. The van der Waals surface area contributed by atoms with Crippen molar-refractivity contribution in [3.05, 3.63) is 41.1 Å². The smallest absolute Gasteiger partial charge is 0.246 e. The molecule has 0 bridgehead atoms. The molecular formula is C20H22N2O4. The lowest BCUT2D eigenvalue weighted by Gasteiger charge is -2.38. The van der Waals surface area contributed by atoms with Crippen LogP contribution in [0.1, 0.15) is 51.1 Å². The van der Waals surface area contributed by atoms with Crippen LogP contribution in [0.15, 0.2) is 35.5 Å². The highest BCUT2D eigenvalue weighted by Gasteiger charge is 2.52. The molecule has 1 saturated heterocycles. The van der Waals surface area contributed by atoms with Crippen LogP contribution in [0.2, 0.25) is 0 Å². The molecule has 6 heteroatoms. The Morgan fingerprint density at radius 3 is 2.31 bits per heavy atom. The standard InChI is InChI=1S/C20H22N2O4/c1-20(2)10-14-18(15(23)11-20)19(12-4-6-13(26-3)7-5-12)22-17(25)9-8-16(24)21(14)22/h4-7,19H,8-11H2,1-3H3. The van der Waals surface area contributed by atoms with Crippen LogP contribution in [0, 0.1) is 5.41 Å². The van der Waals surface area contributed by atoms with E-state index in [2.05, 4.69) is 0 Å². The number of carbonyl (C=O) groups excluding carboxylic acids is 3. The van der Waals surface area contributed by atoms with Gasteiger partial charge in [-0.3, -0.25) is 14.4 Å². The Bertz CT molecular complexity index is 838. The van der Waals surface area contributed by atoms with Gasteiger partial charge >= 0.3 is 0 Å². The van der Waals surface area contributed by atoms with Crippen LogP contribution in [-0.4, -0.2) is 34.7 Å². The second kappa shape index (κ2) is 5.69. The van der Waals surface area contributed by atoms with Crippen molar-refractivity contribution < 1.29 is 19.1 Å². The zero-order chi connectivity index (χ0) is 18.6. The van der Waals surface area contributed by atoms with Crippen LogP contribution in [0.5, 0.6) is 5.75 Å². The average Bonchev–Trinajstić information content (AvgIpc) is 2.93. The quantitative estimate of drug-likeness (QED) is 0.819. The lowest BCUT2D eigenvalue weighted by molar-refractivity contribution is -0.167. The highest BCUT2D eigenvalue weighted by molar-refractivity contribution is 6.03. The molecule has 6 nitrogen and oxygen atoms in total. The molecule has 0 N–H and O–H groups in total. The van der Waals surface area contributed by atoms with Gasteiger partial charge in [-0.15, -0.1) is 0 Å². The summed E-state index contributed by atoms with van der Waals surface area (Å²) in [6, 6.07) is 6.81. The molecular weight excluding hydrogens is 332 g/mol. The number of carbonyl (C=O) groups is 3. The highest BCUT2D eigenvalue weighted by atomic mass is 16.5. The van der Waals surface area contributed by atoms with Gasteiger partial charge in [-0.2, -0.15) is 0 Å². The third-order valence-electron chi connectivity index (χ3n) is 5.36. The highest BCUT2D eigenvalue weighted by Crippen LogP contribution is 2.51. The van der Waals surface area contributed by atoms with Gasteiger partial charge in [-0.1, -0.05) is 26.0 Å². The fourth-order valence-electron chi connectivity index (χ4n) is 4.22. The fraction of sp³-hybridized carbons (Fsp3) is 0.450. The number of ketones is 1. The Hall–Kier alpha value is -2.63. The van der Waals surface area contributed by atoms with Crippen LogP contribution in [0.25, 0.3) is 0 Å². The van der Waals surface area contributed by atoms with E-state index in [-0.39, 0.29) is 35.9 Å². The first-order chi connectivity index (χ1) is 12.3. The molecule has 1 aromatic rings. The molecule has 3 aliphatic rings. The molecule has 0 spiro atoms. The van der Waals surface area contributed by atoms with Crippen molar-refractivity contribution in [1.29, 1.82) is 0 Å². The number of hydrogen-bond donors (Lipinski definition) is 0. The lowest BCUT2D eigenvalue weighted by atomic mass is 9.74. The normalized spacial score (nSPS) is 24.7. The van der Waals surface area contributed by atoms with Gasteiger partial charge in [0, 0.05) is 24.8 Å². The molecule has 0 saturated carbocycles. The summed E-state index contributed by atoms with van der Waals surface area (Å²) in [5, 5.41) is 2.98. The SMILES string of the molecule is COc1ccc(C2C3=C(CC(C)(C)CC3=O)N3C(=O)CCC(=O)N23)cc1. The van der Waals surface area contributed by atoms with E-state index < -0.39 is 6.04 Å². The summed E-state index contributed by atoms with van der Waals surface area (Å²) in [6.45, 7) is 4.05. The van der Waals surface area contributed by atoms with Gasteiger partial charge in [0.2, 0.25) is 11.8 Å². The number of ether oxygens (including phenoxy) is 1. The molecule has 136 valence electrons. The van der Waals surface area contributed by atoms with E-state index >= 15 is 0 Å². The molecule has 1 aromatic carbocycles. The summed E-state index contributed by atoms with van der Waals surface area (Å²) in [6.07, 6.45) is 1.40. The predicted molar refractivity (Wildman–Crippen MR) is 93.7 cm³/mol. The Morgan fingerprint density at radius 1 is 1.00 bits per heavy atom. The molecule has 2 amide bonds. The van der Waals surface area contributed by atoms with E-state index in [9.17, 15) is 14.4 Å². The van der Waals surface area contributed by atoms with E-state index in [1.54, 1.807) is 7.11 Å². The van der Waals surface area contributed by atoms with Crippen LogP contribution in [-0.2, 0) is 14.4 Å². The number of amides is 2. The van der Waals surface area contributed by atoms with Crippen LogP contribution >= 0.6 is 0 Å². The van der Waals surface area contributed by atoms with Crippen LogP contribution in [0.3, 0.4) is 0 Å². The van der Waals surface area contributed by atoms with Crippen LogP contribution in [0.4, 0.5) is 0 Å². The summed E-state index contributed by atoms with van der Waals surface area (Å²) in [4.78, 5) is 38.3. The van der Waals surface area contributed by atoms with Crippen molar-refractivity contribution in [3.8, 4) is 5.75 Å². The maximum atomic E-state index is 13.0. The average molecular weight is 354 g/mol. The first-order valence-corrected chi connectivity index (χ1v) is 8.87. The first-order valence-electron chi connectivity index (χ1n) is 8.87. The summed E-state index contributed by atoms with van der Waals surface area (Å²) in [5.74, 6) is 0.492. The minimum absolute atomic E-state index is 0.0204. The lowest BCUT2D eigenvalue weighted by Crippen LogP contribution is -2.50. The number of fused-ring (bicyclic) bond motifs is 2. The molecule has 26 heavy (non-hydrogen) atoms. The van der Waals surface area contributed by atoms with E-state index in [1.807, 2.05) is 38.1 Å². The van der Waals surface area contributed by atoms with E-state index in [0.29, 0.717) is 29.9 Å². The number of hydrogen-bond acceptors (Lipinski definition) is 4. The number of allylic oxidation sites excluding steroid dienone is 1. The summed E-state index contributed by atoms with van der Waals surface area (Å²) < 4.78 is 5.21. The molecule has 0 aromatic heterocycles. The third-order valence-corrected chi connectivity index (χ3v) is 5.36. The third kappa shape index (κ3) is 2.43. The van der Waals surface area contributed by atoms with Crippen molar-refractivity contribution in [3.63, 3.8) is 0 Å². The Kier molecular flexibility index (Phi) is 3.68.